The first-order valence-corrected chi connectivity index (χ1v) is 4.49. The van der Waals surface area contributed by atoms with Crippen LogP contribution in [0.1, 0.15) is 23.7 Å². The first-order valence-electron chi connectivity index (χ1n) is 4.49. The van der Waals surface area contributed by atoms with Crippen molar-refractivity contribution in [2.75, 3.05) is 6.61 Å². The summed E-state index contributed by atoms with van der Waals surface area (Å²) in [4.78, 5) is 4.33. The molecule has 13 heavy (non-hydrogen) atoms. The van der Waals surface area contributed by atoms with E-state index in [0.717, 1.165) is 16.8 Å². The van der Waals surface area contributed by atoms with Gasteiger partial charge in [-0.15, -0.1) is 0 Å². The fourth-order valence-electron chi connectivity index (χ4n) is 1.15. The summed E-state index contributed by atoms with van der Waals surface area (Å²) in [6.45, 7) is 7.04. The molecule has 3 heteroatoms. The molecule has 0 bridgehead atoms. The molecule has 0 aliphatic carbocycles. The normalized spacial score (nSPS) is 10.2. The third-order valence-corrected chi connectivity index (χ3v) is 2.01. The first-order chi connectivity index (χ1) is 6.19. The Morgan fingerprint density at radius 1 is 1.46 bits per heavy atom. The lowest BCUT2D eigenvalue weighted by atomic mass is 10.1. The molecule has 0 spiro atoms. The molecule has 1 aromatic rings. The average molecular weight is 180 g/mol. The summed E-state index contributed by atoms with van der Waals surface area (Å²) in [5.41, 5.74) is 8.71. The molecule has 0 aliphatic rings. The second kappa shape index (κ2) is 4.23. The van der Waals surface area contributed by atoms with Gasteiger partial charge in [-0.05, 0) is 32.4 Å². The molecule has 1 rings (SSSR count). The Labute approximate surface area is 78.9 Å². The van der Waals surface area contributed by atoms with Gasteiger partial charge in [0.25, 0.3) is 0 Å². The lowest BCUT2D eigenvalue weighted by Gasteiger charge is -2.09. The lowest BCUT2D eigenvalue weighted by Crippen LogP contribution is -2.05. The minimum absolute atomic E-state index is 0.476. The zero-order valence-electron chi connectivity index (χ0n) is 8.42. The molecule has 1 heterocycles. The highest BCUT2D eigenvalue weighted by atomic mass is 16.5. The van der Waals surface area contributed by atoms with Crippen molar-refractivity contribution < 1.29 is 4.74 Å². The van der Waals surface area contributed by atoms with Gasteiger partial charge in [-0.25, -0.2) is 4.98 Å². The van der Waals surface area contributed by atoms with Crippen molar-refractivity contribution in [1.82, 2.24) is 4.98 Å². The van der Waals surface area contributed by atoms with Gasteiger partial charge in [0, 0.05) is 17.8 Å². The number of aryl methyl sites for hydroxylation is 2. The van der Waals surface area contributed by atoms with E-state index in [1.807, 2.05) is 26.8 Å². The topological polar surface area (TPSA) is 48.1 Å². The Bertz CT molecular complexity index is 297. The van der Waals surface area contributed by atoms with Gasteiger partial charge in [-0.1, -0.05) is 0 Å². The first kappa shape index (κ1) is 9.99. The Kier molecular flexibility index (Phi) is 3.25. The zero-order chi connectivity index (χ0) is 9.84. The van der Waals surface area contributed by atoms with E-state index < -0.39 is 0 Å². The van der Waals surface area contributed by atoms with Crippen LogP contribution in [0.2, 0.25) is 0 Å². The van der Waals surface area contributed by atoms with Gasteiger partial charge in [-0.2, -0.15) is 0 Å². The van der Waals surface area contributed by atoms with Gasteiger partial charge in [0.15, 0.2) is 0 Å². The third-order valence-electron chi connectivity index (χ3n) is 2.01. The molecular formula is C10H16N2O. The van der Waals surface area contributed by atoms with Crippen LogP contribution < -0.4 is 10.5 Å². The average Bonchev–Trinajstić information content (AvgIpc) is 2.11. The van der Waals surface area contributed by atoms with Crippen LogP contribution in [0.25, 0.3) is 0 Å². The molecule has 0 unspecified atom stereocenters. The summed E-state index contributed by atoms with van der Waals surface area (Å²) in [6, 6.07) is 2.04. The summed E-state index contributed by atoms with van der Waals surface area (Å²) >= 11 is 0. The van der Waals surface area contributed by atoms with Crippen LogP contribution in [0.4, 0.5) is 0 Å². The van der Waals surface area contributed by atoms with Crippen molar-refractivity contribution in [1.29, 1.82) is 0 Å². The lowest BCUT2D eigenvalue weighted by molar-refractivity contribution is 0.322. The van der Waals surface area contributed by atoms with Crippen LogP contribution >= 0.6 is 0 Å². The standard InChI is InChI=1S/C10H16N2O/c1-4-13-10-9(6-11)5-7(2)8(3)12-10/h5H,4,6,11H2,1-3H3. The number of hydrogen-bond acceptors (Lipinski definition) is 3. The quantitative estimate of drug-likeness (QED) is 0.767. The zero-order valence-corrected chi connectivity index (χ0v) is 8.42. The number of aromatic nitrogens is 1. The number of ether oxygens (including phenoxy) is 1. The van der Waals surface area contributed by atoms with Crippen molar-refractivity contribution >= 4 is 0 Å². The van der Waals surface area contributed by atoms with Gasteiger partial charge in [0.1, 0.15) is 0 Å². The van der Waals surface area contributed by atoms with E-state index in [1.54, 1.807) is 0 Å². The summed E-state index contributed by atoms with van der Waals surface area (Å²) in [5, 5.41) is 0. The molecule has 0 aliphatic heterocycles. The van der Waals surface area contributed by atoms with Crippen LogP contribution in [0.5, 0.6) is 5.88 Å². The third kappa shape index (κ3) is 2.18. The number of pyridine rings is 1. The molecule has 0 fully saturated rings. The second-order valence-electron chi connectivity index (χ2n) is 2.99. The van der Waals surface area contributed by atoms with Crippen LogP contribution in [-0.2, 0) is 6.54 Å². The maximum Gasteiger partial charge on any atom is 0.218 e. The predicted molar refractivity (Wildman–Crippen MR) is 52.8 cm³/mol. The molecule has 3 nitrogen and oxygen atoms in total. The van der Waals surface area contributed by atoms with Crippen molar-refractivity contribution in [2.45, 2.75) is 27.3 Å². The molecule has 0 amide bonds. The van der Waals surface area contributed by atoms with Crippen LogP contribution in [0, 0.1) is 13.8 Å². The number of nitrogens with two attached hydrogens (primary N) is 1. The molecule has 72 valence electrons. The summed E-state index contributed by atoms with van der Waals surface area (Å²) < 4.78 is 5.37. The van der Waals surface area contributed by atoms with Crippen LogP contribution in [-0.4, -0.2) is 11.6 Å². The van der Waals surface area contributed by atoms with Crippen molar-refractivity contribution in [3.8, 4) is 5.88 Å². The van der Waals surface area contributed by atoms with E-state index in [4.69, 9.17) is 10.5 Å². The van der Waals surface area contributed by atoms with Gasteiger partial charge in [0.2, 0.25) is 5.88 Å². The molecule has 0 radical (unpaired) electrons. The fraction of sp³-hybridized carbons (Fsp3) is 0.500. The Balaban J connectivity index is 3.09. The number of rotatable bonds is 3. The van der Waals surface area contributed by atoms with E-state index in [-0.39, 0.29) is 0 Å². The highest BCUT2D eigenvalue weighted by Gasteiger charge is 2.05. The molecular weight excluding hydrogens is 164 g/mol. The minimum Gasteiger partial charge on any atom is -0.478 e. The number of hydrogen-bond donors (Lipinski definition) is 1. The Morgan fingerprint density at radius 3 is 2.69 bits per heavy atom. The van der Waals surface area contributed by atoms with Crippen LogP contribution in [0.3, 0.4) is 0 Å². The van der Waals surface area contributed by atoms with Crippen LogP contribution in [0.15, 0.2) is 6.07 Å². The van der Waals surface area contributed by atoms with E-state index in [2.05, 4.69) is 4.98 Å². The maximum atomic E-state index is 5.58. The SMILES string of the molecule is CCOc1nc(C)c(C)cc1CN. The van der Waals surface area contributed by atoms with Crippen molar-refractivity contribution in [2.24, 2.45) is 5.73 Å². The van der Waals surface area contributed by atoms with Gasteiger partial charge in [-0.3, -0.25) is 0 Å². The Hall–Kier alpha value is -1.09. The van der Waals surface area contributed by atoms with Crippen molar-refractivity contribution in [3.63, 3.8) is 0 Å². The minimum atomic E-state index is 0.476. The molecule has 1 aromatic heterocycles. The predicted octanol–water partition coefficient (Wildman–Crippen LogP) is 1.56. The molecule has 2 N–H and O–H groups in total. The molecule has 0 saturated carbocycles. The monoisotopic (exact) mass is 180 g/mol. The highest BCUT2D eigenvalue weighted by Crippen LogP contribution is 2.18. The van der Waals surface area contributed by atoms with Gasteiger partial charge >= 0.3 is 0 Å². The van der Waals surface area contributed by atoms with Gasteiger partial charge < -0.3 is 10.5 Å². The van der Waals surface area contributed by atoms with Gasteiger partial charge in [0.05, 0.1) is 6.61 Å². The van der Waals surface area contributed by atoms with E-state index in [0.29, 0.717) is 19.0 Å². The summed E-state index contributed by atoms with van der Waals surface area (Å²) in [7, 11) is 0. The second-order valence-corrected chi connectivity index (χ2v) is 2.99. The summed E-state index contributed by atoms with van der Waals surface area (Å²) in [5.74, 6) is 0.674. The number of nitrogens with zero attached hydrogens (tertiary/aromatic N) is 1. The smallest absolute Gasteiger partial charge is 0.218 e. The molecule has 0 atom stereocenters. The van der Waals surface area contributed by atoms with E-state index >= 15 is 0 Å². The van der Waals surface area contributed by atoms with E-state index in [9.17, 15) is 0 Å². The maximum absolute atomic E-state index is 5.58. The largest absolute Gasteiger partial charge is 0.478 e. The molecule has 0 aromatic carbocycles. The Morgan fingerprint density at radius 2 is 2.15 bits per heavy atom. The van der Waals surface area contributed by atoms with Crippen molar-refractivity contribution in [3.05, 3.63) is 22.9 Å². The fourth-order valence-corrected chi connectivity index (χ4v) is 1.15. The van der Waals surface area contributed by atoms with E-state index in [1.165, 1.54) is 0 Å². The molecule has 0 saturated heterocycles. The highest BCUT2D eigenvalue weighted by molar-refractivity contribution is 5.33. The summed E-state index contributed by atoms with van der Waals surface area (Å²) in [6.07, 6.45) is 0.